The van der Waals surface area contributed by atoms with Gasteiger partial charge in [0, 0.05) is 18.7 Å². The molecule has 0 amide bonds. The Labute approximate surface area is 92.1 Å². The van der Waals surface area contributed by atoms with Gasteiger partial charge < -0.3 is 10.8 Å². The summed E-state index contributed by atoms with van der Waals surface area (Å²) in [5, 5.41) is 13.7. The number of halogens is 1. The number of hydrogen-bond donors (Lipinski definition) is 2. The summed E-state index contributed by atoms with van der Waals surface area (Å²) in [4.78, 5) is 0. The van der Waals surface area contributed by atoms with E-state index in [-0.39, 0.29) is 0 Å². The Kier molecular flexibility index (Phi) is 2.30. The van der Waals surface area contributed by atoms with Gasteiger partial charge in [0.2, 0.25) is 0 Å². The highest BCUT2D eigenvalue weighted by atomic mass is 19.1. The maximum Gasteiger partial charge on any atom is 0.165 e. The number of rotatable bonds is 1. The standard InChI is InChI=1S/C11H12FN3O/c1-6-3-7(11(16)8(12)4-6)9-5-10(13)15(2)14-9/h3-5,16H,13H2,1-2H3. The first kappa shape index (κ1) is 10.5. The fourth-order valence-corrected chi connectivity index (χ4v) is 1.54. The summed E-state index contributed by atoms with van der Waals surface area (Å²) >= 11 is 0. The van der Waals surface area contributed by atoms with Crippen molar-refractivity contribution >= 4 is 5.82 Å². The van der Waals surface area contributed by atoms with E-state index >= 15 is 0 Å². The number of benzene rings is 1. The van der Waals surface area contributed by atoms with E-state index < -0.39 is 11.6 Å². The minimum Gasteiger partial charge on any atom is -0.504 e. The van der Waals surface area contributed by atoms with Gasteiger partial charge in [-0.1, -0.05) is 0 Å². The lowest BCUT2D eigenvalue weighted by atomic mass is 10.1. The van der Waals surface area contributed by atoms with Crippen molar-refractivity contribution in [1.29, 1.82) is 0 Å². The van der Waals surface area contributed by atoms with Gasteiger partial charge in [0.05, 0.1) is 5.69 Å². The lowest BCUT2D eigenvalue weighted by Gasteiger charge is -2.04. The van der Waals surface area contributed by atoms with Gasteiger partial charge in [0.1, 0.15) is 5.82 Å². The van der Waals surface area contributed by atoms with E-state index in [9.17, 15) is 9.50 Å². The molecule has 1 aromatic heterocycles. The van der Waals surface area contributed by atoms with E-state index in [1.165, 1.54) is 10.7 Å². The number of phenols is 1. The predicted octanol–water partition coefficient (Wildman–Crippen LogP) is 1.82. The summed E-state index contributed by atoms with van der Waals surface area (Å²) in [5.41, 5.74) is 7.16. The van der Waals surface area contributed by atoms with Gasteiger partial charge >= 0.3 is 0 Å². The van der Waals surface area contributed by atoms with Crippen LogP contribution in [0.5, 0.6) is 5.75 Å². The highest BCUT2D eigenvalue weighted by Gasteiger charge is 2.13. The van der Waals surface area contributed by atoms with Crippen LogP contribution in [0.15, 0.2) is 18.2 Å². The monoisotopic (exact) mass is 221 g/mol. The van der Waals surface area contributed by atoms with Crippen molar-refractivity contribution in [2.75, 3.05) is 5.73 Å². The first-order valence-corrected chi connectivity index (χ1v) is 4.78. The Balaban J connectivity index is 2.63. The Morgan fingerprint density at radius 2 is 2.06 bits per heavy atom. The number of nitrogens with two attached hydrogens (primary N) is 1. The Bertz CT molecular complexity index is 529. The fraction of sp³-hybridized carbons (Fsp3) is 0.182. The molecule has 2 rings (SSSR count). The van der Waals surface area contributed by atoms with E-state index in [4.69, 9.17) is 5.73 Å². The van der Waals surface area contributed by atoms with Crippen LogP contribution in [0.2, 0.25) is 0 Å². The lowest BCUT2D eigenvalue weighted by molar-refractivity contribution is 0.434. The summed E-state index contributed by atoms with van der Waals surface area (Å²) in [6.07, 6.45) is 0. The van der Waals surface area contributed by atoms with Gasteiger partial charge in [-0.25, -0.2) is 4.39 Å². The van der Waals surface area contributed by atoms with Crippen molar-refractivity contribution in [3.63, 3.8) is 0 Å². The third kappa shape index (κ3) is 1.60. The summed E-state index contributed by atoms with van der Waals surface area (Å²) in [7, 11) is 1.68. The molecule has 5 heteroatoms. The molecule has 0 aliphatic rings. The van der Waals surface area contributed by atoms with E-state index in [0.717, 1.165) is 5.56 Å². The topological polar surface area (TPSA) is 64.1 Å². The smallest absolute Gasteiger partial charge is 0.165 e. The molecule has 16 heavy (non-hydrogen) atoms. The van der Waals surface area contributed by atoms with E-state index in [2.05, 4.69) is 5.10 Å². The average molecular weight is 221 g/mol. The Morgan fingerprint density at radius 1 is 1.38 bits per heavy atom. The number of aromatic hydroxyl groups is 1. The summed E-state index contributed by atoms with van der Waals surface area (Å²) < 4.78 is 14.8. The van der Waals surface area contributed by atoms with Crippen molar-refractivity contribution in [2.45, 2.75) is 6.92 Å². The molecular formula is C11H12FN3O. The van der Waals surface area contributed by atoms with Crippen molar-refractivity contribution in [1.82, 2.24) is 9.78 Å². The third-order valence-corrected chi connectivity index (χ3v) is 2.40. The zero-order valence-electron chi connectivity index (χ0n) is 9.03. The van der Waals surface area contributed by atoms with Crippen LogP contribution in [-0.4, -0.2) is 14.9 Å². The molecule has 3 N–H and O–H groups in total. The molecule has 84 valence electrons. The quantitative estimate of drug-likeness (QED) is 0.772. The van der Waals surface area contributed by atoms with E-state index in [0.29, 0.717) is 17.1 Å². The molecule has 2 aromatic rings. The number of anilines is 1. The number of nitrogen functional groups attached to an aromatic ring is 1. The highest BCUT2D eigenvalue weighted by molar-refractivity contribution is 5.69. The maximum absolute atomic E-state index is 13.3. The second kappa shape index (κ2) is 3.52. The van der Waals surface area contributed by atoms with Gasteiger partial charge in [-0.2, -0.15) is 5.10 Å². The minimum absolute atomic E-state index is 0.352. The molecule has 0 unspecified atom stereocenters. The Hall–Kier alpha value is -2.04. The highest BCUT2D eigenvalue weighted by Crippen LogP contribution is 2.32. The first-order chi connectivity index (χ1) is 7.49. The third-order valence-electron chi connectivity index (χ3n) is 2.40. The summed E-state index contributed by atoms with van der Waals surface area (Å²) in [6.45, 7) is 1.75. The molecule has 0 fully saturated rings. The van der Waals surface area contributed by atoms with Gasteiger partial charge in [-0.15, -0.1) is 0 Å². The van der Waals surface area contributed by atoms with Crippen molar-refractivity contribution < 1.29 is 9.50 Å². The van der Waals surface area contributed by atoms with Crippen LogP contribution in [0.3, 0.4) is 0 Å². The summed E-state index contributed by atoms with van der Waals surface area (Å²) in [5.74, 6) is -0.598. The van der Waals surface area contributed by atoms with Gasteiger partial charge in [0.25, 0.3) is 0 Å². The molecule has 0 bridgehead atoms. The maximum atomic E-state index is 13.3. The average Bonchev–Trinajstić information content (AvgIpc) is 2.53. The largest absolute Gasteiger partial charge is 0.504 e. The molecule has 0 aliphatic carbocycles. The van der Waals surface area contributed by atoms with Crippen LogP contribution < -0.4 is 5.73 Å². The van der Waals surface area contributed by atoms with E-state index in [1.807, 2.05) is 0 Å². The number of aromatic nitrogens is 2. The summed E-state index contributed by atoms with van der Waals surface area (Å²) in [6, 6.07) is 4.53. The van der Waals surface area contributed by atoms with Gasteiger partial charge in [0.15, 0.2) is 11.6 Å². The molecule has 4 nitrogen and oxygen atoms in total. The molecule has 0 saturated heterocycles. The van der Waals surface area contributed by atoms with Crippen LogP contribution in [-0.2, 0) is 7.05 Å². The number of phenolic OH excluding ortho intramolecular Hbond substituents is 1. The van der Waals surface area contributed by atoms with Crippen LogP contribution in [0, 0.1) is 12.7 Å². The van der Waals surface area contributed by atoms with Crippen molar-refractivity contribution in [3.8, 4) is 17.0 Å². The molecule has 0 atom stereocenters. The van der Waals surface area contributed by atoms with Gasteiger partial charge in [-0.05, 0) is 24.6 Å². The Morgan fingerprint density at radius 3 is 2.62 bits per heavy atom. The number of aryl methyl sites for hydroxylation is 2. The fourth-order valence-electron chi connectivity index (χ4n) is 1.54. The van der Waals surface area contributed by atoms with Crippen LogP contribution in [0.4, 0.5) is 10.2 Å². The van der Waals surface area contributed by atoms with Gasteiger partial charge in [-0.3, -0.25) is 4.68 Å². The van der Waals surface area contributed by atoms with Crippen molar-refractivity contribution in [2.24, 2.45) is 7.05 Å². The second-order valence-corrected chi connectivity index (χ2v) is 3.72. The lowest BCUT2D eigenvalue weighted by Crippen LogP contribution is -1.96. The zero-order valence-corrected chi connectivity index (χ0v) is 9.03. The van der Waals surface area contributed by atoms with Crippen LogP contribution in [0.25, 0.3) is 11.3 Å². The molecule has 1 heterocycles. The number of nitrogens with zero attached hydrogens (tertiary/aromatic N) is 2. The number of hydrogen-bond acceptors (Lipinski definition) is 3. The normalized spacial score (nSPS) is 10.7. The SMILES string of the molecule is Cc1cc(F)c(O)c(-c2cc(N)n(C)n2)c1. The van der Waals surface area contributed by atoms with E-state index in [1.54, 1.807) is 26.1 Å². The molecule has 1 aromatic carbocycles. The van der Waals surface area contributed by atoms with Crippen LogP contribution >= 0.6 is 0 Å². The zero-order chi connectivity index (χ0) is 11.9. The second-order valence-electron chi connectivity index (χ2n) is 3.72. The first-order valence-electron chi connectivity index (χ1n) is 4.78. The molecule has 0 radical (unpaired) electrons. The minimum atomic E-state index is -0.653. The predicted molar refractivity (Wildman–Crippen MR) is 59.4 cm³/mol. The van der Waals surface area contributed by atoms with Crippen molar-refractivity contribution in [3.05, 3.63) is 29.6 Å². The molecule has 0 aliphatic heterocycles. The molecule has 0 spiro atoms. The van der Waals surface area contributed by atoms with Crippen LogP contribution in [0.1, 0.15) is 5.56 Å². The molecule has 0 saturated carbocycles. The molecular weight excluding hydrogens is 209 g/mol.